The number of carbonyl (C=O) groups excluding carboxylic acids is 1. The van der Waals surface area contributed by atoms with Crippen LogP contribution >= 0.6 is 11.8 Å². The molecule has 0 radical (unpaired) electrons. The van der Waals surface area contributed by atoms with Gasteiger partial charge in [-0.25, -0.2) is 9.97 Å². The molecule has 0 atom stereocenters. The van der Waals surface area contributed by atoms with Gasteiger partial charge in [0.05, 0.1) is 11.3 Å². The number of amides is 1. The van der Waals surface area contributed by atoms with E-state index in [0.717, 1.165) is 35.0 Å². The molecule has 2 heterocycles. The van der Waals surface area contributed by atoms with Crippen LogP contribution < -0.4 is 5.32 Å². The maximum Gasteiger partial charge on any atom is 0.230 e. The molecule has 0 saturated heterocycles. The highest BCUT2D eigenvalue weighted by molar-refractivity contribution is 7.99. The Morgan fingerprint density at radius 2 is 1.77 bits per heavy atom. The Hall–Kier alpha value is -2.93. The fourth-order valence-corrected chi connectivity index (χ4v) is 4.74. The SMILES string of the molecule is O=C(CSc1nc2ccccc2c2nc(-c3ccccc3)nn12)NC1CCCCC1. The lowest BCUT2D eigenvalue weighted by Gasteiger charge is -2.22. The number of thioether (sulfide) groups is 1. The standard InChI is InChI=1S/C23H23N5OS/c29-20(24-17-11-5-2-6-12-17)15-30-23-25-19-14-8-7-13-18(19)22-26-21(27-28(22)23)16-9-3-1-4-10-16/h1,3-4,7-10,13-14,17H,2,5-6,11-12,15H2,(H,24,29). The first-order valence-electron chi connectivity index (χ1n) is 10.4. The highest BCUT2D eigenvalue weighted by Gasteiger charge is 2.18. The Morgan fingerprint density at radius 3 is 2.60 bits per heavy atom. The average molecular weight is 418 g/mol. The third-order valence-electron chi connectivity index (χ3n) is 5.48. The topological polar surface area (TPSA) is 72.2 Å². The Labute approximate surface area is 179 Å². The number of nitrogens with zero attached hydrogens (tertiary/aromatic N) is 4. The van der Waals surface area contributed by atoms with Crippen molar-refractivity contribution in [3.05, 3.63) is 54.6 Å². The molecule has 6 nitrogen and oxygen atoms in total. The summed E-state index contributed by atoms with van der Waals surface area (Å²) in [6, 6.07) is 18.1. The van der Waals surface area contributed by atoms with Gasteiger partial charge in [-0.15, -0.1) is 5.10 Å². The van der Waals surface area contributed by atoms with E-state index < -0.39 is 0 Å². The first-order valence-corrected chi connectivity index (χ1v) is 11.4. The summed E-state index contributed by atoms with van der Waals surface area (Å²) in [5.41, 5.74) is 2.57. The van der Waals surface area contributed by atoms with E-state index in [4.69, 9.17) is 15.1 Å². The van der Waals surface area contributed by atoms with Crippen LogP contribution in [0.5, 0.6) is 0 Å². The molecule has 0 unspecified atom stereocenters. The number of aromatic nitrogens is 4. The molecule has 1 amide bonds. The van der Waals surface area contributed by atoms with Crippen LogP contribution in [0.4, 0.5) is 0 Å². The second-order valence-electron chi connectivity index (χ2n) is 7.64. The molecular weight excluding hydrogens is 394 g/mol. The van der Waals surface area contributed by atoms with Crippen molar-refractivity contribution in [2.75, 3.05) is 5.75 Å². The van der Waals surface area contributed by atoms with E-state index in [1.54, 1.807) is 4.52 Å². The number of nitrogens with one attached hydrogen (secondary N) is 1. The largest absolute Gasteiger partial charge is 0.353 e. The predicted octanol–water partition coefficient (Wildman–Crippen LogP) is 4.49. The Bertz CT molecular complexity index is 1180. The van der Waals surface area contributed by atoms with Crippen molar-refractivity contribution in [1.82, 2.24) is 24.9 Å². The Kier molecular flexibility index (Phi) is 5.36. The fourth-order valence-electron chi connectivity index (χ4n) is 3.98. The number of para-hydroxylation sites is 1. The molecule has 30 heavy (non-hydrogen) atoms. The van der Waals surface area contributed by atoms with Gasteiger partial charge in [0.15, 0.2) is 16.6 Å². The minimum Gasteiger partial charge on any atom is -0.353 e. The molecule has 4 aromatic rings. The van der Waals surface area contributed by atoms with Gasteiger partial charge in [0, 0.05) is 17.0 Å². The van der Waals surface area contributed by atoms with Gasteiger partial charge in [-0.05, 0) is 25.0 Å². The first-order chi connectivity index (χ1) is 14.8. The molecule has 2 aromatic carbocycles. The average Bonchev–Trinajstić information content (AvgIpc) is 3.25. The van der Waals surface area contributed by atoms with Crippen LogP contribution in [0, 0.1) is 0 Å². The molecule has 7 heteroatoms. The van der Waals surface area contributed by atoms with Gasteiger partial charge in [0.25, 0.3) is 0 Å². The van der Waals surface area contributed by atoms with Crippen LogP contribution in [-0.2, 0) is 4.79 Å². The van der Waals surface area contributed by atoms with E-state index in [1.165, 1.54) is 31.0 Å². The molecule has 0 bridgehead atoms. The Morgan fingerprint density at radius 1 is 1.00 bits per heavy atom. The van der Waals surface area contributed by atoms with Crippen LogP contribution in [0.2, 0.25) is 0 Å². The number of fused-ring (bicyclic) bond motifs is 3. The van der Waals surface area contributed by atoms with Crippen LogP contribution in [0.25, 0.3) is 27.9 Å². The van der Waals surface area contributed by atoms with E-state index in [9.17, 15) is 4.79 Å². The molecule has 152 valence electrons. The van der Waals surface area contributed by atoms with Crippen molar-refractivity contribution in [1.29, 1.82) is 0 Å². The van der Waals surface area contributed by atoms with Gasteiger partial charge in [-0.1, -0.05) is 73.5 Å². The van der Waals surface area contributed by atoms with Gasteiger partial charge >= 0.3 is 0 Å². The van der Waals surface area contributed by atoms with Gasteiger partial charge in [-0.3, -0.25) is 4.79 Å². The summed E-state index contributed by atoms with van der Waals surface area (Å²) in [5.74, 6) is 1.03. The molecule has 1 fully saturated rings. The lowest BCUT2D eigenvalue weighted by atomic mass is 9.95. The third-order valence-corrected chi connectivity index (χ3v) is 6.41. The minimum absolute atomic E-state index is 0.0541. The van der Waals surface area contributed by atoms with Crippen LogP contribution in [0.15, 0.2) is 59.8 Å². The van der Waals surface area contributed by atoms with Gasteiger partial charge in [0.2, 0.25) is 5.91 Å². The molecule has 1 N–H and O–H groups in total. The summed E-state index contributed by atoms with van der Waals surface area (Å²) < 4.78 is 1.77. The summed E-state index contributed by atoms with van der Waals surface area (Å²) in [6.07, 6.45) is 5.84. The molecule has 1 aliphatic carbocycles. The quantitative estimate of drug-likeness (QED) is 0.383. The zero-order valence-electron chi connectivity index (χ0n) is 16.6. The van der Waals surface area contributed by atoms with Crippen LogP contribution in [0.3, 0.4) is 0 Å². The van der Waals surface area contributed by atoms with Crippen molar-refractivity contribution in [2.24, 2.45) is 0 Å². The molecular formula is C23H23N5OS. The lowest BCUT2D eigenvalue weighted by molar-refractivity contribution is -0.119. The van der Waals surface area contributed by atoms with Crippen molar-refractivity contribution < 1.29 is 4.79 Å². The van der Waals surface area contributed by atoms with Gasteiger partial charge in [-0.2, -0.15) is 4.52 Å². The third kappa shape index (κ3) is 3.89. The minimum atomic E-state index is 0.0541. The van der Waals surface area contributed by atoms with E-state index >= 15 is 0 Å². The second-order valence-corrected chi connectivity index (χ2v) is 8.58. The highest BCUT2D eigenvalue weighted by atomic mass is 32.2. The predicted molar refractivity (Wildman–Crippen MR) is 119 cm³/mol. The van der Waals surface area contributed by atoms with Crippen LogP contribution in [-0.4, -0.2) is 37.3 Å². The number of hydrogen-bond acceptors (Lipinski definition) is 5. The van der Waals surface area contributed by atoms with E-state index in [1.807, 2.05) is 54.6 Å². The smallest absolute Gasteiger partial charge is 0.230 e. The van der Waals surface area contributed by atoms with Gasteiger partial charge < -0.3 is 5.32 Å². The fraction of sp³-hybridized carbons (Fsp3) is 0.304. The lowest BCUT2D eigenvalue weighted by Crippen LogP contribution is -2.37. The Balaban J connectivity index is 1.45. The summed E-state index contributed by atoms with van der Waals surface area (Å²) in [7, 11) is 0. The summed E-state index contributed by atoms with van der Waals surface area (Å²) in [6.45, 7) is 0. The molecule has 5 rings (SSSR count). The molecule has 0 aliphatic heterocycles. The zero-order valence-corrected chi connectivity index (χ0v) is 17.4. The second kappa shape index (κ2) is 8.44. The van der Waals surface area contributed by atoms with Crippen molar-refractivity contribution >= 4 is 34.2 Å². The number of hydrogen-bond donors (Lipinski definition) is 1. The molecule has 1 saturated carbocycles. The summed E-state index contributed by atoms with van der Waals surface area (Å²) in [4.78, 5) is 22.1. The van der Waals surface area contributed by atoms with Gasteiger partial charge in [0.1, 0.15) is 0 Å². The monoisotopic (exact) mass is 417 g/mol. The highest BCUT2D eigenvalue weighted by Crippen LogP contribution is 2.26. The van der Waals surface area contributed by atoms with Crippen molar-refractivity contribution in [3.8, 4) is 11.4 Å². The number of carbonyl (C=O) groups is 1. The maximum atomic E-state index is 12.5. The summed E-state index contributed by atoms with van der Waals surface area (Å²) >= 11 is 1.41. The number of benzene rings is 2. The van der Waals surface area contributed by atoms with E-state index in [-0.39, 0.29) is 5.91 Å². The van der Waals surface area contributed by atoms with E-state index in [2.05, 4.69) is 5.32 Å². The van der Waals surface area contributed by atoms with Crippen molar-refractivity contribution in [2.45, 2.75) is 43.3 Å². The summed E-state index contributed by atoms with van der Waals surface area (Å²) in [5, 5.41) is 9.52. The first kappa shape index (κ1) is 19.1. The zero-order chi connectivity index (χ0) is 20.3. The molecule has 2 aromatic heterocycles. The molecule has 0 spiro atoms. The number of rotatable bonds is 5. The van der Waals surface area contributed by atoms with E-state index in [0.29, 0.717) is 22.8 Å². The normalized spacial score (nSPS) is 14.9. The molecule has 1 aliphatic rings. The van der Waals surface area contributed by atoms with Crippen LogP contribution in [0.1, 0.15) is 32.1 Å². The maximum absolute atomic E-state index is 12.5. The van der Waals surface area contributed by atoms with Crippen molar-refractivity contribution in [3.63, 3.8) is 0 Å².